The minimum atomic E-state index is -0.908. The third kappa shape index (κ3) is 1.58. The zero-order valence-corrected chi connectivity index (χ0v) is 16.1. The number of hydrogen-bond acceptors (Lipinski definition) is 2. The van der Waals surface area contributed by atoms with E-state index in [1.807, 2.05) is 26.0 Å². The molecule has 1 spiro atoms. The molecule has 0 amide bonds. The van der Waals surface area contributed by atoms with Crippen molar-refractivity contribution in [2.24, 2.45) is 10.8 Å². The summed E-state index contributed by atoms with van der Waals surface area (Å²) in [5.41, 5.74) is -1.50. The molecule has 1 unspecified atom stereocenters. The molecule has 0 aromatic carbocycles. The zero-order valence-electron chi connectivity index (χ0n) is 12.2. The topological polar surface area (TPSA) is 29.5 Å². The Labute approximate surface area is 142 Å². The molecule has 1 heterocycles. The maximum atomic E-state index is 11.1. The highest BCUT2D eigenvalue weighted by atomic mass is 79.9. The van der Waals surface area contributed by atoms with Gasteiger partial charge in [-0.1, -0.05) is 35.9 Å². The first kappa shape index (κ1) is 15.8. The Balaban J connectivity index is 2.21. The Morgan fingerprint density at radius 2 is 1.80 bits per heavy atom. The molecule has 20 heavy (non-hydrogen) atoms. The summed E-state index contributed by atoms with van der Waals surface area (Å²) in [5.74, 6) is 0. The monoisotopic (exact) mass is 426 g/mol. The predicted molar refractivity (Wildman–Crippen MR) is 88.7 cm³/mol. The minimum absolute atomic E-state index is 0.0711. The Morgan fingerprint density at radius 3 is 2.40 bits per heavy atom. The number of alkyl halides is 3. The summed E-state index contributed by atoms with van der Waals surface area (Å²) < 4.78 is 5.84. The Kier molecular flexibility index (Phi) is 3.20. The van der Waals surface area contributed by atoms with Gasteiger partial charge in [-0.05, 0) is 48.7 Å². The van der Waals surface area contributed by atoms with Gasteiger partial charge in [0.15, 0.2) is 0 Å². The number of aliphatic hydroxyl groups is 1. The largest absolute Gasteiger partial charge is 0.385 e. The van der Waals surface area contributed by atoms with Gasteiger partial charge in [0.05, 0.1) is 16.6 Å². The van der Waals surface area contributed by atoms with Crippen LogP contribution in [0.4, 0.5) is 0 Å². The molecular weight excluding hydrogens is 407 g/mol. The van der Waals surface area contributed by atoms with Crippen LogP contribution in [0.3, 0.4) is 0 Å². The molecule has 5 heteroatoms. The number of halogens is 3. The van der Waals surface area contributed by atoms with E-state index in [4.69, 9.17) is 16.3 Å². The first-order valence-corrected chi connectivity index (χ1v) is 9.11. The molecule has 3 aliphatic rings. The van der Waals surface area contributed by atoms with Gasteiger partial charge in [-0.2, -0.15) is 0 Å². The number of hydrogen-bond donors (Lipinski definition) is 1. The lowest BCUT2D eigenvalue weighted by molar-refractivity contribution is -0.132. The van der Waals surface area contributed by atoms with Gasteiger partial charge in [-0.25, -0.2) is 0 Å². The van der Waals surface area contributed by atoms with Crippen LogP contribution in [0.5, 0.6) is 0 Å². The van der Waals surface area contributed by atoms with Crippen LogP contribution in [0.15, 0.2) is 12.2 Å². The third-order valence-corrected chi connectivity index (χ3v) is 9.55. The van der Waals surface area contributed by atoms with E-state index in [1.54, 1.807) is 0 Å². The first-order chi connectivity index (χ1) is 8.90. The standard InChI is InChI=1S/C15H21Br2ClO2/c1-11(2)14-7-9(16)12(3,18)8-10(14)20-15(11,17)6-5-13(14,4)19/h5-6,9-10,19H,7-8H2,1-4H3/t9-,10?,12-,13+,14-,15-/m0/s1. The van der Waals surface area contributed by atoms with Gasteiger partial charge in [-0.15, -0.1) is 11.6 Å². The van der Waals surface area contributed by atoms with Gasteiger partial charge < -0.3 is 9.84 Å². The van der Waals surface area contributed by atoms with Crippen LogP contribution < -0.4 is 0 Å². The SMILES string of the molecule is CC1(C)[C@]23C[C@H](Br)[C@@](C)(Cl)CC2O[C@@]1(Br)C=C[C@@]3(C)O. The molecule has 0 aromatic heterocycles. The van der Waals surface area contributed by atoms with E-state index >= 15 is 0 Å². The second kappa shape index (κ2) is 4.05. The molecule has 1 N–H and O–H groups in total. The Hall–Kier alpha value is 0.910. The van der Waals surface area contributed by atoms with Gasteiger partial charge in [0.2, 0.25) is 0 Å². The zero-order chi connectivity index (χ0) is 15.2. The van der Waals surface area contributed by atoms with Gasteiger partial charge in [0, 0.05) is 15.7 Å². The maximum absolute atomic E-state index is 11.1. The summed E-state index contributed by atoms with van der Waals surface area (Å²) in [7, 11) is 0. The molecule has 1 saturated heterocycles. The van der Waals surface area contributed by atoms with Crippen molar-refractivity contribution < 1.29 is 9.84 Å². The lowest BCUT2D eigenvalue weighted by Gasteiger charge is -2.59. The summed E-state index contributed by atoms with van der Waals surface area (Å²) >= 11 is 14.2. The predicted octanol–water partition coefficient (Wildman–Crippen LogP) is 4.36. The van der Waals surface area contributed by atoms with Crippen LogP contribution in [-0.2, 0) is 4.74 Å². The van der Waals surface area contributed by atoms with Crippen molar-refractivity contribution in [2.75, 3.05) is 0 Å². The molecule has 2 aliphatic carbocycles. The number of rotatable bonds is 0. The summed E-state index contributed by atoms with van der Waals surface area (Å²) in [5, 5.41) is 11.1. The molecule has 3 rings (SSSR count). The van der Waals surface area contributed by atoms with Crippen LogP contribution in [0, 0.1) is 10.8 Å². The van der Waals surface area contributed by atoms with Crippen LogP contribution in [0.1, 0.15) is 40.5 Å². The number of ether oxygens (including phenoxy) is 1. The summed E-state index contributed by atoms with van der Waals surface area (Å²) in [6.45, 7) is 8.30. The van der Waals surface area contributed by atoms with E-state index in [1.165, 1.54) is 0 Å². The van der Waals surface area contributed by atoms with Crippen molar-refractivity contribution in [3.05, 3.63) is 12.2 Å². The van der Waals surface area contributed by atoms with E-state index in [0.717, 1.165) is 12.8 Å². The molecule has 1 saturated carbocycles. The van der Waals surface area contributed by atoms with Crippen molar-refractivity contribution in [1.82, 2.24) is 0 Å². The average molecular weight is 429 g/mol. The second-order valence-electron chi connectivity index (χ2n) is 7.48. The molecule has 2 bridgehead atoms. The lowest BCUT2D eigenvalue weighted by atomic mass is 9.47. The average Bonchev–Trinajstić information content (AvgIpc) is 2.37. The maximum Gasteiger partial charge on any atom is 0.147 e. The van der Waals surface area contributed by atoms with Gasteiger partial charge in [-0.3, -0.25) is 0 Å². The smallest absolute Gasteiger partial charge is 0.147 e. The van der Waals surface area contributed by atoms with Gasteiger partial charge in [0.1, 0.15) is 4.51 Å². The Bertz CT molecular complexity index is 488. The summed E-state index contributed by atoms with van der Waals surface area (Å²) in [6, 6.07) is 0. The number of fused-ring (bicyclic) bond motifs is 1. The molecular formula is C15H21Br2ClO2. The van der Waals surface area contributed by atoms with Gasteiger partial charge in [0.25, 0.3) is 0 Å². The highest BCUT2D eigenvalue weighted by Gasteiger charge is 2.76. The molecule has 6 atom stereocenters. The van der Waals surface area contributed by atoms with Crippen molar-refractivity contribution in [3.63, 3.8) is 0 Å². The highest BCUT2D eigenvalue weighted by molar-refractivity contribution is 9.10. The fraction of sp³-hybridized carbons (Fsp3) is 0.867. The fourth-order valence-electron chi connectivity index (χ4n) is 4.58. The molecule has 0 aromatic rings. The van der Waals surface area contributed by atoms with Crippen molar-refractivity contribution >= 4 is 43.5 Å². The molecule has 2 nitrogen and oxygen atoms in total. The van der Waals surface area contributed by atoms with Crippen LogP contribution in [0.25, 0.3) is 0 Å². The highest BCUT2D eigenvalue weighted by Crippen LogP contribution is 2.73. The van der Waals surface area contributed by atoms with Gasteiger partial charge >= 0.3 is 0 Å². The summed E-state index contributed by atoms with van der Waals surface area (Å²) in [6.07, 6.45) is 5.29. The minimum Gasteiger partial charge on any atom is -0.385 e. The lowest BCUT2D eigenvalue weighted by Crippen LogP contribution is -2.65. The van der Waals surface area contributed by atoms with E-state index < -0.39 is 10.1 Å². The summed E-state index contributed by atoms with van der Waals surface area (Å²) in [4.78, 5) is -0.216. The molecule has 114 valence electrons. The molecule has 2 fully saturated rings. The fourth-order valence-corrected chi connectivity index (χ4v) is 6.21. The van der Waals surface area contributed by atoms with Crippen molar-refractivity contribution in [1.29, 1.82) is 0 Å². The first-order valence-electron chi connectivity index (χ1n) is 7.02. The van der Waals surface area contributed by atoms with E-state index in [-0.39, 0.29) is 26.6 Å². The van der Waals surface area contributed by atoms with E-state index in [2.05, 4.69) is 45.7 Å². The van der Waals surface area contributed by atoms with Crippen LogP contribution in [-0.4, -0.2) is 31.0 Å². The van der Waals surface area contributed by atoms with Crippen molar-refractivity contribution in [3.8, 4) is 0 Å². The third-order valence-electron chi connectivity index (χ3n) is 6.10. The van der Waals surface area contributed by atoms with E-state index in [9.17, 15) is 5.11 Å². The molecule has 0 radical (unpaired) electrons. The normalized spacial score (nSPS) is 60.4. The van der Waals surface area contributed by atoms with Crippen LogP contribution >= 0.6 is 43.5 Å². The second-order valence-corrected chi connectivity index (χ2v) is 10.6. The molecule has 1 aliphatic heterocycles. The van der Waals surface area contributed by atoms with E-state index in [0.29, 0.717) is 0 Å². The van der Waals surface area contributed by atoms with Crippen molar-refractivity contribution in [2.45, 2.75) is 66.5 Å². The quantitative estimate of drug-likeness (QED) is 0.459. The van der Waals surface area contributed by atoms with Crippen LogP contribution in [0.2, 0.25) is 0 Å². The Morgan fingerprint density at radius 1 is 1.20 bits per heavy atom.